The van der Waals surface area contributed by atoms with Crippen LogP contribution in [0.2, 0.25) is 5.02 Å². The third kappa shape index (κ3) is 4.95. The van der Waals surface area contributed by atoms with Crippen LogP contribution in [0.5, 0.6) is 5.75 Å². The number of hydrogen-bond donors (Lipinski definition) is 1. The first-order valence-electron chi connectivity index (χ1n) is 8.15. The highest BCUT2D eigenvalue weighted by atomic mass is 35.5. The van der Waals surface area contributed by atoms with Crippen LogP contribution in [0.3, 0.4) is 0 Å². The van der Waals surface area contributed by atoms with Crippen LogP contribution in [0.4, 0.5) is 4.39 Å². The van der Waals surface area contributed by atoms with Crippen LogP contribution in [-0.4, -0.2) is 24.5 Å². The van der Waals surface area contributed by atoms with Crippen LogP contribution in [0.25, 0.3) is 0 Å². The van der Waals surface area contributed by atoms with Crippen molar-refractivity contribution >= 4 is 23.5 Å². The summed E-state index contributed by atoms with van der Waals surface area (Å²) < 4.78 is 23.6. The zero-order chi connectivity index (χ0) is 18.5. The smallest absolute Gasteiger partial charge is 0.345 e. The summed E-state index contributed by atoms with van der Waals surface area (Å²) in [5.41, 5.74) is 0.568. The summed E-state index contributed by atoms with van der Waals surface area (Å²) in [5, 5.41) is 2.87. The molecular formula is C19H17ClFNO4. The molecule has 1 atom stereocenters. The molecule has 136 valence electrons. The van der Waals surface area contributed by atoms with E-state index in [-0.39, 0.29) is 22.7 Å². The van der Waals surface area contributed by atoms with Crippen molar-refractivity contribution in [2.45, 2.75) is 25.0 Å². The molecule has 0 saturated heterocycles. The highest BCUT2D eigenvalue weighted by Crippen LogP contribution is 2.26. The van der Waals surface area contributed by atoms with Gasteiger partial charge in [-0.25, -0.2) is 9.18 Å². The minimum Gasteiger partial charge on any atom is -0.480 e. The maximum absolute atomic E-state index is 13.0. The number of carbonyl (C=O) groups is 2. The molecule has 1 amide bonds. The van der Waals surface area contributed by atoms with E-state index in [9.17, 15) is 14.0 Å². The third-order valence-corrected chi connectivity index (χ3v) is 4.05. The normalized spacial score (nSPS) is 14.4. The van der Waals surface area contributed by atoms with Gasteiger partial charge in [-0.15, -0.1) is 0 Å². The second-order valence-electron chi connectivity index (χ2n) is 5.93. The summed E-state index contributed by atoms with van der Waals surface area (Å²) in [6, 6.07) is 12.5. The van der Waals surface area contributed by atoms with Crippen LogP contribution >= 0.6 is 11.6 Å². The van der Waals surface area contributed by atoms with Crippen LogP contribution < -0.4 is 10.1 Å². The number of amides is 1. The average Bonchev–Trinajstić information content (AvgIpc) is 3.43. The molecule has 2 aromatic carbocycles. The number of rotatable bonds is 7. The van der Waals surface area contributed by atoms with E-state index in [2.05, 4.69) is 5.32 Å². The summed E-state index contributed by atoms with van der Waals surface area (Å²) in [6.07, 6.45) is 0.789. The lowest BCUT2D eigenvalue weighted by molar-refractivity contribution is -0.158. The molecule has 1 aliphatic rings. The van der Waals surface area contributed by atoms with Gasteiger partial charge >= 0.3 is 5.97 Å². The van der Waals surface area contributed by atoms with E-state index in [0.717, 1.165) is 18.9 Å². The van der Waals surface area contributed by atoms with Crippen molar-refractivity contribution in [3.63, 3.8) is 0 Å². The first kappa shape index (κ1) is 18.2. The summed E-state index contributed by atoms with van der Waals surface area (Å²) in [5.74, 6) is -1.45. The van der Waals surface area contributed by atoms with Crippen LogP contribution in [-0.2, 0) is 14.3 Å². The molecule has 0 aliphatic heterocycles. The molecule has 1 aliphatic carbocycles. The first-order chi connectivity index (χ1) is 12.5. The lowest BCUT2D eigenvalue weighted by atomic mass is 10.1. The molecule has 0 radical (unpaired) electrons. The van der Waals surface area contributed by atoms with Gasteiger partial charge in [-0.3, -0.25) is 4.79 Å². The van der Waals surface area contributed by atoms with Crippen molar-refractivity contribution in [1.29, 1.82) is 0 Å². The molecule has 1 N–H and O–H groups in total. The molecule has 1 fully saturated rings. The minimum absolute atomic E-state index is 0.0453. The van der Waals surface area contributed by atoms with Gasteiger partial charge < -0.3 is 14.8 Å². The Morgan fingerprint density at radius 2 is 1.92 bits per heavy atom. The van der Waals surface area contributed by atoms with Crippen LogP contribution in [0, 0.1) is 5.82 Å². The number of hydrogen-bond acceptors (Lipinski definition) is 4. The van der Waals surface area contributed by atoms with Gasteiger partial charge in [0.05, 0.1) is 5.02 Å². The molecular weight excluding hydrogens is 361 g/mol. The zero-order valence-electron chi connectivity index (χ0n) is 13.8. The number of nitrogens with one attached hydrogen (secondary N) is 1. The van der Waals surface area contributed by atoms with E-state index in [1.54, 1.807) is 30.3 Å². The van der Waals surface area contributed by atoms with Gasteiger partial charge in [0.25, 0.3) is 5.91 Å². The van der Waals surface area contributed by atoms with Crippen LogP contribution in [0.1, 0.15) is 24.5 Å². The predicted octanol–water partition coefficient (Wildman–Crippen LogP) is 3.42. The number of carbonyl (C=O) groups excluding carboxylic acids is 2. The fraction of sp³-hybridized carbons (Fsp3) is 0.263. The van der Waals surface area contributed by atoms with Gasteiger partial charge in [-0.05, 0) is 31.0 Å². The Hall–Kier alpha value is -2.60. The van der Waals surface area contributed by atoms with E-state index in [0.29, 0.717) is 5.56 Å². The third-order valence-electron chi connectivity index (χ3n) is 3.75. The quantitative estimate of drug-likeness (QED) is 0.751. The first-order valence-corrected chi connectivity index (χ1v) is 8.53. The summed E-state index contributed by atoms with van der Waals surface area (Å²) in [4.78, 5) is 24.5. The van der Waals surface area contributed by atoms with E-state index in [4.69, 9.17) is 21.1 Å². The molecule has 0 heterocycles. The highest BCUT2D eigenvalue weighted by Gasteiger charge is 2.30. The van der Waals surface area contributed by atoms with Gasteiger partial charge in [0.1, 0.15) is 11.6 Å². The molecule has 7 heteroatoms. The van der Waals surface area contributed by atoms with Gasteiger partial charge in [0.2, 0.25) is 6.10 Å². The topological polar surface area (TPSA) is 64.6 Å². The second kappa shape index (κ2) is 8.19. The number of ether oxygens (including phenoxy) is 2. The van der Waals surface area contributed by atoms with E-state index in [1.165, 1.54) is 12.1 Å². The van der Waals surface area contributed by atoms with E-state index in [1.807, 2.05) is 0 Å². The summed E-state index contributed by atoms with van der Waals surface area (Å²) in [6.45, 7) is -0.453. The van der Waals surface area contributed by atoms with Gasteiger partial charge in [0.15, 0.2) is 6.61 Å². The fourth-order valence-electron chi connectivity index (χ4n) is 2.30. The molecule has 0 aromatic heterocycles. The largest absolute Gasteiger partial charge is 0.480 e. The molecule has 26 heavy (non-hydrogen) atoms. The molecule has 0 unspecified atom stereocenters. The van der Waals surface area contributed by atoms with Crippen molar-refractivity contribution in [2.24, 2.45) is 0 Å². The number of benzene rings is 2. The van der Waals surface area contributed by atoms with E-state index < -0.39 is 24.5 Å². The Balaban J connectivity index is 1.63. The van der Waals surface area contributed by atoms with Crippen molar-refractivity contribution in [3.8, 4) is 5.75 Å². The van der Waals surface area contributed by atoms with Gasteiger partial charge in [-0.1, -0.05) is 41.9 Å². The number of esters is 1. The monoisotopic (exact) mass is 377 g/mol. The maximum atomic E-state index is 13.0. The fourth-order valence-corrected chi connectivity index (χ4v) is 2.52. The van der Waals surface area contributed by atoms with Gasteiger partial charge in [-0.2, -0.15) is 0 Å². The summed E-state index contributed by atoms with van der Waals surface area (Å²) in [7, 11) is 0. The minimum atomic E-state index is -1.06. The van der Waals surface area contributed by atoms with Crippen molar-refractivity contribution < 1.29 is 23.5 Å². The lowest BCUT2D eigenvalue weighted by Gasteiger charge is -2.18. The molecule has 5 nitrogen and oxygen atoms in total. The predicted molar refractivity (Wildman–Crippen MR) is 93.3 cm³/mol. The SMILES string of the molecule is O=C(COc1ccc(F)cc1Cl)O[C@@H](C(=O)NC1CC1)c1ccccc1. The van der Waals surface area contributed by atoms with Crippen molar-refractivity contribution in [1.82, 2.24) is 5.32 Å². The van der Waals surface area contributed by atoms with Crippen molar-refractivity contribution in [3.05, 3.63) is 64.9 Å². The molecule has 0 spiro atoms. The summed E-state index contributed by atoms with van der Waals surface area (Å²) >= 11 is 5.85. The lowest BCUT2D eigenvalue weighted by Crippen LogP contribution is -2.34. The highest BCUT2D eigenvalue weighted by molar-refractivity contribution is 6.32. The Kier molecular flexibility index (Phi) is 5.73. The Labute approximate surface area is 155 Å². The standard InChI is InChI=1S/C19H17ClFNO4/c20-15-10-13(21)6-9-16(15)25-11-17(23)26-18(12-4-2-1-3-5-12)19(24)22-14-7-8-14/h1-6,9-10,14,18H,7-8,11H2,(H,22,24)/t18-/m1/s1. The molecule has 2 aromatic rings. The number of halogens is 2. The Morgan fingerprint density at radius 3 is 2.58 bits per heavy atom. The Morgan fingerprint density at radius 1 is 1.19 bits per heavy atom. The second-order valence-corrected chi connectivity index (χ2v) is 6.33. The average molecular weight is 378 g/mol. The maximum Gasteiger partial charge on any atom is 0.345 e. The van der Waals surface area contributed by atoms with E-state index >= 15 is 0 Å². The molecule has 1 saturated carbocycles. The van der Waals surface area contributed by atoms with Gasteiger partial charge in [0, 0.05) is 11.6 Å². The molecule has 0 bridgehead atoms. The zero-order valence-corrected chi connectivity index (χ0v) is 14.5. The van der Waals surface area contributed by atoms with Crippen LogP contribution in [0.15, 0.2) is 48.5 Å². The Bertz CT molecular complexity index is 795. The molecule has 3 rings (SSSR count). The van der Waals surface area contributed by atoms with Crippen molar-refractivity contribution in [2.75, 3.05) is 6.61 Å².